The zero-order valence-corrected chi connectivity index (χ0v) is 12.1. The van der Waals surface area contributed by atoms with E-state index in [-0.39, 0.29) is 11.8 Å². The molecule has 0 atom stereocenters. The van der Waals surface area contributed by atoms with Crippen molar-refractivity contribution >= 4 is 22.4 Å². The smallest absolute Gasteiger partial charge is 0.220 e. The Kier molecular flexibility index (Phi) is 3.64. The van der Waals surface area contributed by atoms with Crippen molar-refractivity contribution in [1.82, 2.24) is 4.98 Å². The first-order chi connectivity index (χ1) is 10.2. The molecule has 3 rings (SSSR count). The standard InChI is InChI=1S/C16H19N3O2/c1-21-15-3-2-14(13-10-18-7-4-12(13)15)19-8-5-11(6-9-19)16(17)20/h2-4,7,10-11H,5-6,8-9H2,1H3,(H2,17,20). The maximum atomic E-state index is 11.3. The van der Waals surface area contributed by atoms with E-state index in [4.69, 9.17) is 10.5 Å². The van der Waals surface area contributed by atoms with Gasteiger partial charge in [0.15, 0.2) is 0 Å². The van der Waals surface area contributed by atoms with Crippen LogP contribution in [0.4, 0.5) is 5.69 Å². The Labute approximate surface area is 123 Å². The summed E-state index contributed by atoms with van der Waals surface area (Å²) in [6.45, 7) is 1.67. The van der Waals surface area contributed by atoms with Crippen molar-refractivity contribution in [2.24, 2.45) is 11.7 Å². The van der Waals surface area contributed by atoms with Crippen LogP contribution >= 0.6 is 0 Å². The molecule has 0 bridgehead atoms. The monoisotopic (exact) mass is 285 g/mol. The number of hydrogen-bond donors (Lipinski definition) is 1. The largest absolute Gasteiger partial charge is 0.496 e. The highest BCUT2D eigenvalue weighted by molar-refractivity contribution is 5.97. The Morgan fingerprint density at radius 3 is 2.71 bits per heavy atom. The number of amides is 1. The quantitative estimate of drug-likeness (QED) is 0.936. The van der Waals surface area contributed by atoms with Gasteiger partial charge in [-0.1, -0.05) is 0 Å². The molecule has 110 valence electrons. The molecule has 2 aromatic rings. The van der Waals surface area contributed by atoms with Crippen molar-refractivity contribution in [2.75, 3.05) is 25.1 Å². The number of hydrogen-bond acceptors (Lipinski definition) is 4. The SMILES string of the molecule is COc1ccc(N2CCC(C(N)=O)CC2)c2cnccc12. The third-order valence-electron chi connectivity index (χ3n) is 4.21. The molecule has 1 aliphatic rings. The maximum Gasteiger partial charge on any atom is 0.220 e. The van der Waals surface area contributed by atoms with Crippen LogP contribution in [0, 0.1) is 5.92 Å². The van der Waals surface area contributed by atoms with Gasteiger partial charge < -0.3 is 15.4 Å². The second-order valence-corrected chi connectivity index (χ2v) is 5.37. The van der Waals surface area contributed by atoms with E-state index in [1.165, 1.54) is 0 Å². The van der Waals surface area contributed by atoms with E-state index in [9.17, 15) is 4.79 Å². The van der Waals surface area contributed by atoms with Gasteiger partial charge in [0.2, 0.25) is 5.91 Å². The molecule has 1 amide bonds. The second-order valence-electron chi connectivity index (χ2n) is 5.37. The second kappa shape index (κ2) is 5.60. The summed E-state index contributed by atoms with van der Waals surface area (Å²) in [6.07, 6.45) is 5.26. The number of anilines is 1. The molecule has 2 heterocycles. The number of piperidine rings is 1. The Hall–Kier alpha value is -2.30. The summed E-state index contributed by atoms with van der Waals surface area (Å²) in [5.41, 5.74) is 6.54. The molecule has 2 N–H and O–H groups in total. The van der Waals surface area contributed by atoms with Gasteiger partial charge in [-0.3, -0.25) is 9.78 Å². The Morgan fingerprint density at radius 2 is 2.05 bits per heavy atom. The van der Waals surface area contributed by atoms with E-state index < -0.39 is 0 Å². The summed E-state index contributed by atoms with van der Waals surface area (Å²) < 4.78 is 5.41. The summed E-state index contributed by atoms with van der Waals surface area (Å²) in [6, 6.07) is 6.01. The van der Waals surface area contributed by atoms with E-state index in [1.54, 1.807) is 13.3 Å². The van der Waals surface area contributed by atoms with Gasteiger partial charge in [-0.2, -0.15) is 0 Å². The normalized spacial score (nSPS) is 16.1. The number of carbonyl (C=O) groups excluding carboxylic acids is 1. The molecule has 1 fully saturated rings. The van der Waals surface area contributed by atoms with Crippen molar-refractivity contribution in [3.05, 3.63) is 30.6 Å². The maximum absolute atomic E-state index is 11.3. The molecule has 1 aromatic carbocycles. The lowest BCUT2D eigenvalue weighted by molar-refractivity contribution is -0.122. The molecule has 0 radical (unpaired) electrons. The number of methoxy groups -OCH3 is 1. The Balaban J connectivity index is 1.93. The molecule has 1 aromatic heterocycles. The van der Waals surface area contributed by atoms with Crippen molar-refractivity contribution in [3.8, 4) is 5.75 Å². The Bertz CT molecular complexity index is 664. The molecule has 21 heavy (non-hydrogen) atoms. The van der Waals surface area contributed by atoms with Gasteiger partial charge >= 0.3 is 0 Å². The fourth-order valence-electron chi connectivity index (χ4n) is 3.01. The number of primary amides is 1. The lowest BCUT2D eigenvalue weighted by Gasteiger charge is -2.33. The number of aromatic nitrogens is 1. The summed E-state index contributed by atoms with van der Waals surface area (Å²) in [5, 5.41) is 2.14. The van der Waals surface area contributed by atoms with Gasteiger partial charge in [-0.05, 0) is 31.0 Å². The fourth-order valence-corrected chi connectivity index (χ4v) is 3.01. The van der Waals surface area contributed by atoms with E-state index in [2.05, 4.69) is 16.0 Å². The van der Waals surface area contributed by atoms with Crippen molar-refractivity contribution in [3.63, 3.8) is 0 Å². The van der Waals surface area contributed by atoms with Crippen LogP contribution in [0.1, 0.15) is 12.8 Å². The summed E-state index contributed by atoms with van der Waals surface area (Å²) in [7, 11) is 1.67. The van der Waals surface area contributed by atoms with Crippen LogP contribution in [-0.2, 0) is 4.79 Å². The van der Waals surface area contributed by atoms with Crippen LogP contribution in [-0.4, -0.2) is 31.1 Å². The van der Waals surface area contributed by atoms with Crippen LogP contribution in [0.25, 0.3) is 10.8 Å². The first-order valence-corrected chi connectivity index (χ1v) is 7.15. The minimum Gasteiger partial charge on any atom is -0.496 e. The number of carbonyl (C=O) groups is 1. The summed E-state index contributed by atoms with van der Waals surface area (Å²) in [5.74, 6) is 0.669. The highest BCUT2D eigenvalue weighted by Crippen LogP contribution is 2.34. The lowest BCUT2D eigenvalue weighted by atomic mass is 9.95. The highest BCUT2D eigenvalue weighted by atomic mass is 16.5. The number of benzene rings is 1. The lowest BCUT2D eigenvalue weighted by Crippen LogP contribution is -2.38. The summed E-state index contributed by atoms with van der Waals surface area (Å²) in [4.78, 5) is 17.8. The number of nitrogens with two attached hydrogens (primary N) is 1. The third-order valence-corrected chi connectivity index (χ3v) is 4.21. The molecule has 0 spiro atoms. The minimum absolute atomic E-state index is 0.00360. The zero-order valence-electron chi connectivity index (χ0n) is 12.1. The molecule has 1 saturated heterocycles. The van der Waals surface area contributed by atoms with Gasteiger partial charge in [0.1, 0.15) is 5.75 Å². The molecular weight excluding hydrogens is 266 g/mol. The predicted molar refractivity (Wildman–Crippen MR) is 82.4 cm³/mol. The zero-order chi connectivity index (χ0) is 14.8. The number of fused-ring (bicyclic) bond motifs is 1. The predicted octanol–water partition coefficient (Wildman–Crippen LogP) is 1.95. The molecule has 0 unspecified atom stereocenters. The van der Waals surface area contributed by atoms with Gasteiger partial charge in [-0.25, -0.2) is 0 Å². The van der Waals surface area contributed by atoms with E-state index >= 15 is 0 Å². The molecule has 0 saturated carbocycles. The average molecular weight is 285 g/mol. The number of pyridine rings is 1. The van der Waals surface area contributed by atoms with Gasteiger partial charge in [0.25, 0.3) is 0 Å². The van der Waals surface area contributed by atoms with Crippen molar-refractivity contribution < 1.29 is 9.53 Å². The topological polar surface area (TPSA) is 68.5 Å². The van der Waals surface area contributed by atoms with Crippen LogP contribution in [0.2, 0.25) is 0 Å². The molecule has 5 nitrogen and oxygen atoms in total. The molecule has 0 aliphatic carbocycles. The molecule has 1 aliphatic heterocycles. The van der Waals surface area contributed by atoms with Crippen LogP contribution in [0.15, 0.2) is 30.6 Å². The first-order valence-electron chi connectivity index (χ1n) is 7.15. The van der Waals surface area contributed by atoms with Crippen LogP contribution in [0.5, 0.6) is 5.75 Å². The first kappa shape index (κ1) is 13.7. The van der Waals surface area contributed by atoms with Gasteiger partial charge in [0, 0.05) is 47.9 Å². The molecule has 5 heteroatoms. The van der Waals surface area contributed by atoms with E-state index in [1.807, 2.05) is 18.3 Å². The number of nitrogens with zero attached hydrogens (tertiary/aromatic N) is 2. The van der Waals surface area contributed by atoms with Gasteiger partial charge in [0.05, 0.1) is 7.11 Å². The van der Waals surface area contributed by atoms with Crippen LogP contribution < -0.4 is 15.4 Å². The van der Waals surface area contributed by atoms with Crippen molar-refractivity contribution in [1.29, 1.82) is 0 Å². The van der Waals surface area contributed by atoms with E-state index in [0.717, 1.165) is 48.1 Å². The fraction of sp³-hybridized carbons (Fsp3) is 0.375. The Morgan fingerprint density at radius 1 is 1.29 bits per heavy atom. The number of rotatable bonds is 3. The highest BCUT2D eigenvalue weighted by Gasteiger charge is 2.24. The van der Waals surface area contributed by atoms with Crippen LogP contribution in [0.3, 0.4) is 0 Å². The number of ether oxygens (including phenoxy) is 1. The van der Waals surface area contributed by atoms with Gasteiger partial charge in [-0.15, -0.1) is 0 Å². The third kappa shape index (κ3) is 2.51. The minimum atomic E-state index is -0.184. The molecular formula is C16H19N3O2. The average Bonchev–Trinajstić information content (AvgIpc) is 2.54. The van der Waals surface area contributed by atoms with Crippen molar-refractivity contribution in [2.45, 2.75) is 12.8 Å². The summed E-state index contributed by atoms with van der Waals surface area (Å²) >= 11 is 0. The van der Waals surface area contributed by atoms with E-state index in [0.29, 0.717) is 0 Å².